The summed E-state index contributed by atoms with van der Waals surface area (Å²) in [5.41, 5.74) is 0.367. The number of hydrogen-bond donors (Lipinski definition) is 0. The highest BCUT2D eigenvalue weighted by Crippen LogP contribution is 2.38. The zero-order valence-electron chi connectivity index (χ0n) is 12.5. The number of piperidine rings is 3. The molecule has 4 fully saturated rings. The van der Waals surface area contributed by atoms with Crippen molar-refractivity contribution in [2.75, 3.05) is 19.6 Å². The number of rotatable bonds is 1. The van der Waals surface area contributed by atoms with Crippen molar-refractivity contribution in [1.29, 1.82) is 0 Å². The summed E-state index contributed by atoms with van der Waals surface area (Å²) in [5.74, 6) is 1.04. The van der Waals surface area contributed by atoms with Gasteiger partial charge in [-0.15, -0.1) is 0 Å². The fourth-order valence-corrected chi connectivity index (χ4v) is 4.42. The molecule has 2 nitrogen and oxygen atoms in total. The van der Waals surface area contributed by atoms with Gasteiger partial charge in [0.05, 0.1) is 0 Å². The van der Waals surface area contributed by atoms with Crippen molar-refractivity contribution in [2.24, 2.45) is 5.92 Å². The van der Waals surface area contributed by atoms with E-state index in [2.05, 4.69) is 30.6 Å². The third-order valence-electron chi connectivity index (χ3n) is 5.64. The number of fused-ring (bicyclic) bond motifs is 3. The summed E-state index contributed by atoms with van der Waals surface area (Å²) in [6, 6.07) is 1.85. The fourth-order valence-electron chi connectivity index (χ4n) is 4.42. The molecule has 4 rings (SSSR count). The van der Waals surface area contributed by atoms with Gasteiger partial charge in [-0.05, 0) is 65.2 Å². The smallest absolute Gasteiger partial charge is 0.0125 e. The topological polar surface area (TPSA) is 6.48 Å². The molecule has 0 N–H and O–H groups in total. The average molecular weight is 250 g/mol. The molecular formula is C16H30N2. The largest absolute Gasteiger partial charge is 0.298 e. The lowest BCUT2D eigenvalue weighted by atomic mass is 9.78. The summed E-state index contributed by atoms with van der Waals surface area (Å²) in [5, 5.41) is 0. The minimum atomic E-state index is 0.367. The van der Waals surface area contributed by atoms with Crippen LogP contribution < -0.4 is 0 Å². The highest BCUT2D eigenvalue weighted by Gasteiger charge is 2.39. The Hall–Kier alpha value is -0.0800. The zero-order valence-corrected chi connectivity index (χ0v) is 12.5. The van der Waals surface area contributed by atoms with Gasteiger partial charge < -0.3 is 0 Å². The van der Waals surface area contributed by atoms with E-state index in [0.29, 0.717) is 5.54 Å². The Morgan fingerprint density at radius 1 is 0.778 bits per heavy atom. The molecule has 3 heterocycles. The van der Waals surface area contributed by atoms with Crippen LogP contribution in [0.5, 0.6) is 0 Å². The van der Waals surface area contributed by atoms with Gasteiger partial charge >= 0.3 is 0 Å². The summed E-state index contributed by atoms with van der Waals surface area (Å²) in [4.78, 5) is 5.57. The first-order valence-corrected chi connectivity index (χ1v) is 8.05. The molecule has 0 amide bonds. The summed E-state index contributed by atoms with van der Waals surface area (Å²) in [7, 11) is 0. The van der Waals surface area contributed by atoms with E-state index in [1.807, 2.05) is 0 Å². The van der Waals surface area contributed by atoms with Gasteiger partial charge in [0.2, 0.25) is 0 Å². The molecule has 0 aromatic heterocycles. The minimum absolute atomic E-state index is 0.367. The van der Waals surface area contributed by atoms with Gasteiger partial charge in [0.1, 0.15) is 0 Å². The Labute approximate surface area is 113 Å². The van der Waals surface area contributed by atoms with Crippen LogP contribution in [0.4, 0.5) is 0 Å². The predicted molar refractivity (Wildman–Crippen MR) is 76.8 cm³/mol. The minimum Gasteiger partial charge on any atom is -0.298 e. The number of nitrogens with zero attached hydrogens (tertiary/aromatic N) is 2. The Balaban J connectivity index is 1.57. The highest BCUT2D eigenvalue weighted by molar-refractivity contribution is 4.94. The summed E-state index contributed by atoms with van der Waals surface area (Å²) < 4.78 is 0. The molecule has 0 radical (unpaired) electrons. The maximum Gasteiger partial charge on any atom is 0.0125 e. The van der Waals surface area contributed by atoms with Crippen molar-refractivity contribution < 1.29 is 0 Å². The van der Waals surface area contributed by atoms with Crippen molar-refractivity contribution in [3.8, 4) is 0 Å². The molecule has 4 aliphatic rings. The van der Waals surface area contributed by atoms with E-state index in [1.165, 1.54) is 58.2 Å². The fraction of sp³-hybridized carbons (Fsp3) is 1.00. The highest BCUT2D eigenvalue weighted by atomic mass is 15.3. The van der Waals surface area contributed by atoms with Gasteiger partial charge in [-0.3, -0.25) is 9.80 Å². The SMILES string of the molecule is CC(C)(C)N1CCC(N2CC3CCC2CC3)CC1. The molecule has 2 heteroatoms. The van der Waals surface area contributed by atoms with Crippen molar-refractivity contribution >= 4 is 0 Å². The van der Waals surface area contributed by atoms with Gasteiger partial charge in [-0.1, -0.05) is 0 Å². The molecule has 3 aliphatic heterocycles. The lowest BCUT2D eigenvalue weighted by Crippen LogP contribution is -2.57. The van der Waals surface area contributed by atoms with E-state index in [4.69, 9.17) is 0 Å². The van der Waals surface area contributed by atoms with Crippen LogP contribution in [0.1, 0.15) is 59.3 Å². The van der Waals surface area contributed by atoms with E-state index in [9.17, 15) is 0 Å². The predicted octanol–water partition coefficient (Wildman–Crippen LogP) is 3.12. The monoisotopic (exact) mass is 250 g/mol. The molecule has 0 atom stereocenters. The third kappa shape index (κ3) is 2.46. The van der Waals surface area contributed by atoms with Crippen molar-refractivity contribution in [3.05, 3.63) is 0 Å². The molecule has 0 unspecified atom stereocenters. The first-order valence-electron chi connectivity index (χ1n) is 8.05. The number of likely N-dealkylation sites (tertiary alicyclic amines) is 1. The van der Waals surface area contributed by atoms with Crippen molar-refractivity contribution in [2.45, 2.75) is 76.9 Å². The molecule has 3 saturated heterocycles. The second-order valence-electron chi connectivity index (χ2n) is 7.76. The quantitative estimate of drug-likeness (QED) is 0.705. The van der Waals surface area contributed by atoms with Crippen LogP contribution in [-0.2, 0) is 0 Å². The Bertz CT molecular complexity index is 278. The summed E-state index contributed by atoms with van der Waals surface area (Å²) >= 11 is 0. The van der Waals surface area contributed by atoms with E-state index in [0.717, 1.165) is 18.0 Å². The molecule has 1 aliphatic carbocycles. The van der Waals surface area contributed by atoms with E-state index < -0.39 is 0 Å². The van der Waals surface area contributed by atoms with Gasteiger partial charge in [0, 0.05) is 37.3 Å². The van der Waals surface area contributed by atoms with E-state index in [1.54, 1.807) is 0 Å². The van der Waals surface area contributed by atoms with Crippen LogP contribution in [0, 0.1) is 5.92 Å². The molecule has 0 aromatic rings. The van der Waals surface area contributed by atoms with E-state index >= 15 is 0 Å². The Morgan fingerprint density at radius 2 is 1.33 bits per heavy atom. The molecule has 0 aromatic carbocycles. The van der Waals surface area contributed by atoms with Crippen LogP contribution in [0.2, 0.25) is 0 Å². The molecule has 104 valence electrons. The van der Waals surface area contributed by atoms with Gasteiger partial charge in [0.25, 0.3) is 0 Å². The first-order chi connectivity index (χ1) is 8.54. The standard InChI is InChI=1S/C16H30N2/c1-16(2,3)17-10-8-15(9-11-17)18-12-13-4-6-14(18)7-5-13/h13-15H,4-12H2,1-3H3. The van der Waals surface area contributed by atoms with Crippen molar-refractivity contribution in [3.63, 3.8) is 0 Å². The van der Waals surface area contributed by atoms with Crippen molar-refractivity contribution in [1.82, 2.24) is 9.80 Å². The van der Waals surface area contributed by atoms with E-state index in [-0.39, 0.29) is 0 Å². The molecule has 1 saturated carbocycles. The van der Waals surface area contributed by atoms with Gasteiger partial charge in [-0.25, -0.2) is 0 Å². The van der Waals surface area contributed by atoms with Gasteiger partial charge in [0.15, 0.2) is 0 Å². The maximum absolute atomic E-state index is 2.90. The molecule has 18 heavy (non-hydrogen) atoms. The average Bonchev–Trinajstić information content (AvgIpc) is 2.39. The lowest BCUT2D eigenvalue weighted by molar-refractivity contribution is -0.0199. The Morgan fingerprint density at radius 3 is 1.78 bits per heavy atom. The zero-order chi connectivity index (χ0) is 12.8. The summed E-state index contributed by atoms with van der Waals surface area (Å²) in [6.45, 7) is 11.1. The Kier molecular flexibility index (Phi) is 3.44. The summed E-state index contributed by atoms with van der Waals surface area (Å²) in [6.07, 6.45) is 8.82. The lowest BCUT2D eigenvalue weighted by Gasteiger charge is -2.52. The first kappa shape index (κ1) is 12.9. The third-order valence-corrected chi connectivity index (χ3v) is 5.64. The second kappa shape index (κ2) is 4.79. The normalized spacial score (nSPS) is 36.2. The molecular weight excluding hydrogens is 220 g/mol. The maximum atomic E-state index is 2.90. The van der Waals surface area contributed by atoms with Crippen LogP contribution in [-0.4, -0.2) is 47.1 Å². The van der Waals surface area contributed by atoms with Crippen LogP contribution in [0.25, 0.3) is 0 Å². The molecule has 0 spiro atoms. The van der Waals surface area contributed by atoms with Gasteiger partial charge in [-0.2, -0.15) is 0 Å². The molecule has 2 bridgehead atoms. The van der Waals surface area contributed by atoms with Crippen LogP contribution in [0.3, 0.4) is 0 Å². The van der Waals surface area contributed by atoms with Crippen LogP contribution in [0.15, 0.2) is 0 Å². The second-order valence-corrected chi connectivity index (χ2v) is 7.76. The van der Waals surface area contributed by atoms with Crippen LogP contribution >= 0.6 is 0 Å². The number of hydrogen-bond acceptors (Lipinski definition) is 2.